The van der Waals surface area contributed by atoms with Gasteiger partial charge in [-0.25, -0.2) is 0 Å². The number of hydrogen-bond donors (Lipinski definition) is 2. The van der Waals surface area contributed by atoms with Gasteiger partial charge in [0.2, 0.25) is 5.91 Å². The minimum Gasteiger partial charge on any atom is -0.352 e. The Kier molecular flexibility index (Phi) is 5.06. The van der Waals surface area contributed by atoms with Crippen molar-refractivity contribution < 1.29 is 9.72 Å². The van der Waals surface area contributed by atoms with Crippen LogP contribution >= 0.6 is 0 Å². The summed E-state index contributed by atoms with van der Waals surface area (Å²) < 4.78 is 0. The smallest absolute Gasteiger partial charge is 0.269 e. The first kappa shape index (κ1) is 14.5. The van der Waals surface area contributed by atoms with E-state index in [1.807, 2.05) is 0 Å². The molecule has 1 amide bonds. The number of amides is 1. The molecule has 108 valence electrons. The first-order valence-electron chi connectivity index (χ1n) is 6.86. The van der Waals surface area contributed by atoms with Crippen molar-refractivity contribution in [2.24, 2.45) is 5.92 Å². The van der Waals surface area contributed by atoms with Gasteiger partial charge in [0.1, 0.15) is 0 Å². The molecule has 0 saturated carbocycles. The van der Waals surface area contributed by atoms with Crippen molar-refractivity contribution >= 4 is 11.6 Å². The minimum atomic E-state index is -0.432. The second-order valence-electron chi connectivity index (χ2n) is 5.10. The van der Waals surface area contributed by atoms with E-state index in [1.54, 1.807) is 12.1 Å². The number of rotatable bonds is 6. The topological polar surface area (TPSA) is 84.3 Å². The van der Waals surface area contributed by atoms with E-state index >= 15 is 0 Å². The van der Waals surface area contributed by atoms with Crippen molar-refractivity contribution in [1.29, 1.82) is 0 Å². The molecule has 0 bridgehead atoms. The number of nitrogens with one attached hydrogen (secondary N) is 2. The molecule has 6 nitrogen and oxygen atoms in total. The number of non-ortho nitro benzene ring substituents is 1. The standard InChI is InChI=1S/C14H19N3O3/c18-14(5-4-11-6-7-15-9-11)16-10-12-2-1-3-13(8-12)17(19)20/h1-3,8,11,15H,4-7,9-10H2,(H,16,18). The first-order chi connectivity index (χ1) is 9.65. The van der Waals surface area contributed by atoms with Gasteiger partial charge in [-0.15, -0.1) is 0 Å². The third kappa shape index (κ3) is 4.31. The Hall–Kier alpha value is -1.95. The van der Waals surface area contributed by atoms with Crippen molar-refractivity contribution in [3.8, 4) is 0 Å². The summed E-state index contributed by atoms with van der Waals surface area (Å²) in [6.07, 6.45) is 2.55. The average Bonchev–Trinajstić information content (AvgIpc) is 2.96. The zero-order chi connectivity index (χ0) is 14.4. The Balaban J connectivity index is 1.75. The van der Waals surface area contributed by atoms with Gasteiger partial charge in [-0.05, 0) is 37.4 Å². The van der Waals surface area contributed by atoms with Gasteiger partial charge in [0.05, 0.1) is 4.92 Å². The SMILES string of the molecule is O=C(CCC1CCNC1)NCc1cccc([N+](=O)[O-])c1. The highest BCUT2D eigenvalue weighted by molar-refractivity contribution is 5.75. The number of benzene rings is 1. The van der Waals surface area contributed by atoms with E-state index in [2.05, 4.69) is 10.6 Å². The van der Waals surface area contributed by atoms with Gasteiger partial charge in [0.25, 0.3) is 5.69 Å². The Morgan fingerprint density at radius 3 is 3.05 bits per heavy atom. The highest BCUT2D eigenvalue weighted by Gasteiger charge is 2.15. The van der Waals surface area contributed by atoms with Gasteiger partial charge in [0.15, 0.2) is 0 Å². The molecule has 2 N–H and O–H groups in total. The van der Waals surface area contributed by atoms with Crippen LogP contribution in [0.25, 0.3) is 0 Å². The summed E-state index contributed by atoms with van der Waals surface area (Å²) in [5, 5.41) is 16.7. The molecule has 1 atom stereocenters. The van der Waals surface area contributed by atoms with Crippen LogP contribution in [0.4, 0.5) is 5.69 Å². The van der Waals surface area contributed by atoms with Gasteiger partial charge in [-0.2, -0.15) is 0 Å². The molecule has 1 unspecified atom stereocenters. The molecular formula is C14H19N3O3. The number of nitro groups is 1. The van der Waals surface area contributed by atoms with E-state index in [-0.39, 0.29) is 11.6 Å². The third-order valence-electron chi connectivity index (χ3n) is 3.55. The number of nitro benzene ring substituents is 1. The zero-order valence-corrected chi connectivity index (χ0v) is 11.3. The van der Waals surface area contributed by atoms with Gasteiger partial charge in [-0.3, -0.25) is 14.9 Å². The maximum atomic E-state index is 11.7. The fourth-order valence-corrected chi connectivity index (χ4v) is 2.37. The minimum absolute atomic E-state index is 0.00315. The molecule has 2 rings (SSSR count). The molecule has 1 aliphatic heterocycles. The molecule has 1 aromatic carbocycles. The normalized spacial score (nSPS) is 17.9. The molecule has 1 heterocycles. The van der Waals surface area contributed by atoms with E-state index in [0.717, 1.165) is 31.5 Å². The van der Waals surface area contributed by atoms with E-state index in [9.17, 15) is 14.9 Å². The highest BCUT2D eigenvalue weighted by atomic mass is 16.6. The van der Waals surface area contributed by atoms with Crippen molar-refractivity contribution in [3.05, 3.63) is 39.9 Å². The Bertz CT molecular complexity index is 484. The molecule has 1 aromatic rings. The van der Waals surface area contributed by atoms with Crippen molar-refractivity contribution in [1.82, 2.24) is 10.6 Å². The molecule has 0 aromatic heterocycles. The van der Waals surface area contributed by atoms with E-state index in [4.69, 9.17) is 0 Å². The molecule has 0 aliphatic carbocycles. The van der Waals surface area contributed by atoms with Crippen molar-refractivity contribution in [2.45, 2.75) is 25.8 Å². The molecule has 20 heavy (non-hydrogen) atoms. The van der Waals surface area contributed by atoms with Crippen molar-refractivity contribution in [3.63, 3.8) is 0 Å². The molecule has 0 radical (unpaired) electrons. The molecular weight excluding hydrogens is 258 g/mol. The van der Waals surface area contributed by atoms with E-state index in [0.29, 0.717) is 18.9 Å². The van der Waals surface area contributed by atoms with Crippen LogP contribution < -0.4 is 10.6 Å². The number of hydrogen-bond acceptors (Lipinski definition) is 4. The van der Waals surface area contributed by atoms with Gasteiger partial charge in [-0.1, -0.05) is 12.1 Å². The van der Waals surface area contributed by atoms with Gasteiger partial charge in [0, 0.05) is 25.1 Å². The van der Waals surface area contributed by atoms with Gasteiger partial charge >= 0.3 is 0 Å². The lowest BCUT2D eigenvalue weighted by molar-refractivity contribution is -0.384. The van der Waals surface area contributed by atoms with E-state index in [1.165, 1.54) is 12.1 Å². The fraction of sp³-hybridized carbons (Fsp3) is 0.500. The second kappa shape index (κ2) is 7.00. The zero-order valence-electron chi connectivity index (χ0n) is 11.3. The monoisotopic (exact) mass is 277 g/mol. The molecule has 1 saturated heterocycles. The molecule has 1 aliphatic rings. The van der Waals surface area contributed by atoms with Crippen LogP contribution in [0, 0.1) is 16.0 Å². The maximum absolute atomic E-state index is 11.7. The second-order valence-corrected chi connectivity index (χ2v) is 5.10. The number of carbonyl (C=O) groups excluding carboxylic acids is 1. The summed E-state index contributed by atoms with van der Waals surface area (Å²) in [7, 11) is 0. The fourth-order valence-electron chi connectivity index (χ4n) is 2.37. The average molecular weight is 277 g/mol. The summed E-state index contributed by atoms with van der Waals surface area (Å²) in [5.41, 5.74) is 0.795. The first-order valence-corrected chi connectivity index (χ1v) is 6.86. The van der Waals surface area contributed by atoms with Crippen molar-refractivity contribution in [2.75, 3.05) is 13.1 Å². The van der Waals surface area contributed by atoms with Crippen LogP contribution in [0.2, 0.25) is 0 Å². The highest BCUT2D eigenvalue weighted by Crippen LogP contribution is 2.15. The van der Waals surface area contributed by atoms with Gasteiger partial charge < -0.3 is 10.6 Å². The quantitative estimate of drug-likeness (QED) is 0.611. The Morgan fingerprint density at radius 2 is 2.35 bits per heavy atom. The molecule has 6 heteroatoms. The predicted octanol–water partition coefficient (Wildman–Crippen LogP) is 1.60. The lowest BCUT2D eigenvalue weighted by Gasteiger charge is -2.08. The largest absolute Gasteiger partial charge is 0.352 e. The van der Waals surface area contributed by atoms with Crippen LogP contribution in [0.1, 0.15) is 24.8 Å². The maximum Gasteiger partial charge on any atom is 0.269 e. The summed E-state index contributed by atoms with van der Waals surface area (Å²) in [5.74, 6) is 0.599. The van der Waals surface area contributed by atoms with Crippen LogP contribution in [-0.2, 0) is 11.3 Å². The number of carbonyl (C=O) groups is 1. The van der Waals surface area contributed by atoms with Crippen LogP contribution in [-0.4, -0.2) is 23.9 Å². The summed E-state index contributed by atoms with van der Waals surface area (Å²) in [6, 6.07) is 6.33. The van der Waals surface area contributed by atoms with Crippen LogP contribution in [0.15, 0.2) is 24.3 Å². The Morgan fingerprint density at radius 1 is 1.50 bits per heavy atom. The lowest BCUT2D eigenvalue weighted by Crippen LogP contribution is -2.23. The summed E-state index contributed by atoms with van der Waals surface area (Å²) in [6.45, 7) is 2.38. The van der Waals surface area contributed by atoms with Crippen LogP contribution in [0.3, 0.4) is 0 Å². The third-order valence-corrected chi connectivity index (χ3v) is 3.55. The summed E-state index contributed by atoms with van der Waals surface area (Å²) in [4.78, 5) is 21.9. The Labute approximate surface area is 117 Å². The predicted molar refractivity (Wildman–Crippen MR) is 75.2 cm³/mol. The lowest BCUT2D eigenvalue weighted by atomic mass is 10.0. The summed E-state index contributed by atoms with van der Waals surface area (Å²) >= 11 is 0. The van der Waals surface area contributed by atoms with E-state index < -0.39 is 4.92 Å². The van der Waals surface area contributed by atoms with Crippen LogP contribution in [0.5, 0.6) is 0 Å². The molecule has 0 spiro atoms. The number of nitrogens with zero attached hydrogens (tertiary/aromatic N) is 1. The molecule has 1 fully saturated rings.